The topological polar surface area (TPSA) is 63.7 Å². The van der Waals surface area contributed by atoms with Gasteiger partial charge in [-0.3, -0.25) is 4.79 Å². The van der Waals surface area contributed by atoms with Crippen LogP contribution in [-0.4, -0.2) is 36.6 Å². The fourth-order valence-corrected chi connectivity index (χ4v) is 2.97. The molecule has 29 heavy (non-hydrogen) atoms. The van der Waals surface area contributed by atoms with Gasteiger partial charge >= 0.3 is 0 Å². The lowest BCUT2D eigenvalue weighted by molar-refractivity contribution is 0.0752. The molecule has 1 aromatic heterocycles. The van der Waals surface area contributed by atoms with Gasteiger partial charge in [-0.05, 0) is 36.8 Å². The van der Waals surface area contributed by atoms with Crippen LogP contribution in [0.5, 0.6) is 11.5 Å². The predicted octanol–water partition coefficient (Wildman–Crippen LogP) is 4.50. The first kappa shape index (κ1) is 20.2. The van der Waals surface area contributed by atoms with E-state index in [0.717, 1.165) is 11.3 Å². The number of pyridine rings is 1. The quantitative estimate of drug-likeness (QED) is 0.612. The van der Waals surface area contributed by atoms with Crippen molar-refractivity contribution < 1.29 is 14.3 Å². The van der Waals surface area contributed by atoms with E-state index in [0.29, 0.717) is 36.0 Å². The number of carbonyl (C=O) groups excluding carboxylic acids is 1. The first-order valence-corrected chi connectivity index (χ1v) is 9.43. The van der Waals surface area contributed by atoms with Crippen molar-refractivity contribution in [1.29, 1.82) is 0 Å². The third-order valence-corrected chi connectivity index (χ3v) is 4.55. The summed E-state index contributed by atoms with van der Waals surface area (Å²) in [6, 6.07) is 19.1. The lowest BCUT2D eigenvalue weighted by Crippen LogP contribution is -2.30. The standard InChI is InChI=1S/C23H25N3O3/c1-4-26(16-17-8-6-5-7-9-17)23(27)18-10-13-22(24-15-18)25-19-11-12-20(28-2)21(14-19)29-3/h5-15H,4,16H2,1-3H3,(H,24,25). The summed E-state index contributed by atoms with van der Waals surface area (Å²) in [5, 5.41) is 3.21. The molecule has 3 rings (SSSR count). The molecule has 0 fully saturated rings. The lowest BCUT2D eigenvalue weighted by atomic mass is 10.2. The Kier molecular flexibility index (Phi) is 6.68. The SMILES string of the molecule is CCN(Cc1ccccc1)C(=O)c1ccc(Nc2ccc(OC)c(OC)c2)nc1. The van der Waals surface area contributed by atoms with Gasteiger partial charge < -0.3 is 19.7 Å². The summed E-state index contributed by atoms with van der Waals surface area (Å²) in [5.41, 5.74) is 2.47. The Morgan fingerprint density at radius 1 is 1.00 bits per heavy atom. The molecule has 0 aliphatic carbocycles. The maximum absolute atomic E-state index is 12.8. The van der Waals surface area contributed by atoms with E-state index in [2.05, 4.69) is 10.3 Å². The number of hydrogen-bond donors (Lipinski definition) is 1. The van der Waals surface area contributed by atoms with Crippen molar-refractivity contribution in [3.8, 4) is 11.5 Å². The number of methoxy groups -OCH3 is 2. The van der Waals surface area contributed by atoms with E-state index in [-0.39, 0.29) is 5.91 Å². The molecule has 6 heteroatoms. The molecular formula is C23H25N3O3. The van der Waals surface area contributed by atoms with Crippen LogP contribution in [0.25, 0.3) is 0 Å². The molecule has 3 aromatic rings. The van der Waals surface area contributed by atoms with Crippen molar-refractivity contribution in [3.05, 3.63) is 78.0 Å². The molecule has 0 aliphatic heterocycles. The van der Waals surface area contributed by atoms with Crippen LogP contribution in [0.15, 0.2) is 66.9 Å². The van der Waals surface area contributed by atoms with Gasteiger partial charge in [-0.25, -0.2) is 4.98 Å². The highest BCUT2D eigenvalue weighted by atomic mass is 16.5. The Morgan fingerprint density at radius 3 is 2.38 bits per heavy atom. The largest absolute Gasteiger partial charge is 0.493 e. The van der Waals surface area contributed by atoms with Gasteiger partial charge in [0.1, 0.15) is 5.82 Å². The van der Waals surface area contributed by atoms with E-state index in [1.165, 1.54) is 0 Å². The van der Waals surface area contributed by atoms with E-state index >= 15 is 0 Å². The van der Waals surface area contributed by atoms with Crippen LogP contribution in [0.2, 0.25) is 0 Å². The number of carbonyl (C=O) groups is 1. The molecule has 1 heterocycles. The zero-order valence-electron chi connectivity index (χ0n) is 16.9. The first-order valence-electron chi connectivity index (χ1n) is 9.43. The Hall–Kier alpha value is -3.54. The molecule has 1 N–H and O–H groups in total. The van der Waals surface area contributed by atoms with Crippen LogP contribution in [0, 0.1) is 0 Å². The molecule has 0 bridgehead atoms. The van der Waals surface area contributed by atoms with E-state index in [1.807, 2.05) is 55.5 Å². The zero-order valence-corrected chi connectivity index (χ0v) is 16.9. The lowest BCUT2D eigenvalue weighted by Gasteiger charge is -2.21. The molecule has 2 aromatic carbocycles. The van der Waals surface area contributed by atoms with Crippen LogP contribution in [0.4, 0.5) is 11.5 Å². The molecule has 0 radical (unpaired) electrons. The first-order chi connectivity index (χ1) is 14.1. The van der Waals surface area contributed by atoms with Crippen molar-refractivity contribution >= 4 is 17.4 Å². The minimum atomic E-state index is -0.0403. The normalized spacial score (nSPS) is 10.3. The maximum atomic E-state index is 12.8. The van der Waals surface area contributed by atoms with Crippen molar-refractivity contribution in [2.75, 3.05) is 26.1 Å². The number of hydrogen-bond acceptors (Lipinski definition) is 5. The summed E-state index contributed by atoms with van der Waals surface area (Å²) in [6.45, 7) is 3.17. The number of nitrogens with zero attached hydrogens (tertiary/aromatic N) is 2. The minimum Gasteiger partial charge on any atom is -0.493 e. The number of ether oxygens (including phenoxy) is 2. The molecular weight excluding hydrogens is 366 g/mol. The third kappa shape index (κ3) is 5.04. The van der Waals surface area contributed by atoms with Gasteiger partial charge in [0, 0.05) is 31.0 Å². The summed E-state index contributed by atoms with van der Waals surface area (Å²) in [5.74, 6) is 1.88. The summed E-state index contributed by atoms with van der Waals surface area (Å²) in [6.07, 6.45) is 1.60. The van der Waals surface area contributed by atoms with E-state index in [9.17, 15) is 4.79 Å². The Balaban J connectivity index is 1.69. The zero-order chi connectivity index (χ0) is 20.6. The maximum Gasteiger partial charge on any atom is 0.255 e. The van der Waals surface area contributed by atoms with Crippen molar-refractivity contribution in [3.63, 3.8) is 0 Å². The third-order valence-electron chi connectivity index (χ3n) is 4.55. The van der Waals surface area contributed by atoms with Crippen LogP contribution in [0.1, 0.15) is 22.8 Å². The number of aromatic nitrogens is 1. The van der Waals surface area contributed by atoms with Crippen molar-refractivity contribution in [2.24, 2.45) is 0 Å². The molecule has 0 aliphatic rings. The van der Waals surface area contributed by atoms with Crippen LogP contribution < -0.4 is 14.8 Å². The number of amides is 1. The molecule has 150 valence electrons. The molecule has 0 saturated carbocycles. The second-order valence-corrected chi connectivity index (χ2v) is 6.43. The number of benzene rings is 2. The van der Waals surface area contributed by atoms with E-state index < -0.39 is 0 Å². The van der Waals surface area contributed by atoms with Gasteiger partial charge in [-0.15, -0.1) is 0 Å². The van der Waals surface area contributed by atoms with E-state index in [1.54, 1.807) is 37.4 Å². The monoisotopic (exact) mass is 391 g/mol. The highest BCUT2D eigenvalue weighted by Crippen LogP contribution is 2.30. The van der Waals surface area contributed by atoms with Crippen LogP contribution >= 0.6 is 0 Å². The minimum absolute atomic E-state index is 0.0403. The number of rotatable bonds is 8. The second-order valence-electron chi connectivity index (χ2n) is 6.43. The Morgan fingerprint density at radius 2 is 1.76 bits per heavy atom. The average Bonchev–Trinajstić information content (AvgIpc) is 2.78. The molecule has 0 saturated heterocycles. The van der Waals surface area contributed by atoms with Crippen LogP contribution in [0.3, 0.4) is 0 Å². The highest BCUT2D eigenvalue weighted by Gasteiger charge is 2.15. The predicted molar refractivity (Wildman–Crippen MR) is 114 cm³/mol. The summed E-state index contributed by atoms with van der Waals surface area (Å²) in [4.78, 5) is 19.0. The number of anilines is 2. The van der Waals surface area contributed by atoms with Crippen molar-refractivity contribution in [1.82, 2.24) is 9.88 Å². The molecule has 0 atom stereocenters. The van der Waals surface area contributed by atoms with E-state index in [4.69, 9.17) is 9.47 Å². The molecule has 0 unspecified atom stereocenters. The van der Waals surface area contributed by atoms with Gasteiger partial charge in [-0.2, -0.15) is 0 Å². The smallest absolute Gasteiger partial charge is 0.255 e. The molecule has 0 spiro atoms. The summed E-state index contributed by atoms with van der Waals surface area (Å²) < 4.78 is 10.6. The average molecular weight is 391 g/mol. The molecule has 1 amide bonds. The number of nitrogens with one attached hydrogen (secondary N) is 1. The van der Waals surface area contributed by atoms with Gasteiger partial charge in [-0.1, -0.05) is 30.3 Å². The molecule has 6 nitrogen and oxygen atoms in total. The van der Waals surface area contributed by atoms with Crippen molar-refractivity contribution in [2.45, 2.75) is 13.5 Å². The summed E-state index contributed by atoms with van der Waals surface area (Å²) >= 11 is 0. The van der Waals surface area contributed by atoms with Gasteiger partial charge in [0.25, 0.3) is 5.91 Å². The summed E-state index contributed by atoms with van der Waals surface area (Å²) in [7, 11) is 3.19. The van der Waals surface area contributed by atoms with Gasteiger partial charge in [0.15, 0.2) is 11.5 Å². The second kappa shape index (κ2) is 9.59. The van der Waals surface area contributed by atoms with Gasteiger partial charge in [0.05, 0.1) is 19.8 Å². The highest BCUT2D eigenvalue weighted by molar-refractivity contribution is 5.94. The Labute approximate surface area is 171 Å². The Bertz CT molecular complexity index is 943. The van der Waals surface area contributed by atoms with Crippen LogP contribution in [-0.2, 0) is 6.54 Å². The fourth-order valence-electron chi connectivity index (χ4n) is 2.97. The van der Waals surface area contributed by atoms with Gasteiger partial charge in [0.2, 0.25) is 0 Å². The fraction of sp³-hybridized carbons (Fsp3) is 0.217.